The summed E-state index contributed by atoms with van der Waals surface area (Å²) in [6, 6.07) is 8.45. The first kappa shape index (κ1) is 19.0. The van der Waals surface area contributed by atoms with Gasteiger partial charge in [0.1, 0.15) is 17.3 Å². The van der Waals surface area contributed by atoms with E-state index in [1.165, 1.54) is 24.3 Å². The standard InChI is InChI=1S/C17H18F2N2O3S/c1-2-3-10-20-25(23,24)13-7-4-6-12(11-13)17(22)21-16-14(18)8-5-9-15(16)19/h4-9,11,20H,2-3,10H2,1H3,(H,21,22). The molecule has 134 valence electrons. The van der Waals surface area contributed by atoms with Crippen molar-refractivity contribution in [2.45, 2.75) is 24.7 Å². The van der Waals surface area contributed by atoms with Crippen LogP contribution in [0.3, 0.4) is 0 Å². The number of carbonyl (C=O) groups is 1. The molecule has 2 rings (SSSR count). The summed E-state index contributed by atoms with van der Waals surface area (Å²) in [6.45, 7) is 2.22. The minimum atomic E-state index is -3.76. The fourth-order valence-electron chi connectivity index (χ4n) is 2.07. The Balaban J connectivity index is 2.22. The van der Waals surface area contributed by atoms with E-state index in [9.17, 15) is 22.0 Å². The number of hydrogen-bond donors (Lipinski definition) is 2. The van der Waals surface area contributed by atoms with Crippen molar-refractivity contribution in [3.05, 3.63) is 59.7 Å². The Morgan fingerprint density at radius 2 is 1.72 bits per heavy atom. The lowest BCUT2D eigenvalue weighted by Gasteiger charge is -2.10. The minimum Gasteiger partial charge on any atom is -0.317 e. The molecule has 25 heavy (non-hydrogen) atoms. The molecule has 0 aromatic heterocycles. The van der Waals surface area contributed by atoms with Crippen LogP contribution in [-0.2, 0) is 10.0 Å². The zero-order chi connectivity index (χ0) is 18.4. The lowest BCUT2D eigenvalue weighted by Crippen LogP contribution is -2.25. The Kier molecular flexibility index (Phi) is 6.22. The maximum absolute atomic E-state index is 13.6. The van der Waals surface area contributed by atoms with Gasteiger partial charge in [-0.2, -0.15) is 0 Å². The van der Waals surface area contributed by atoms with Gasteiger partial charge >= 0.3 is 0 Å². The second kappa shape index (κ2) is 8.17. The summed E-state index contributed by atoms with van der Waals surface area (Å²) in [6.07, 6.45) is 1.52. The average Bonchev–Trinajstić information content (AvgIpc) is 2.58. The molecule has 2 aromatic carbocycles. The third-order valence-corrected chi connectivity index (χ3v) is 4.89. The number of anilines is 1. The van der Waals surface area contributed by atoms with Crippen LogP contribution in [0.25, 0.3) is 0 Å². The summed E-state index contributed by atoms with van der Waals surface area (Å²) < 4.78 is 54.0. The van der Waals surface area contributed by atoms with Crippen molar-refractivity contribution >= 4 is 21.6 Å². The van der Waals surface area contributed by atoms with E-state index in [2.05, 4.69) is 10.0 Å². The second-order valence-electron chi connectivity index (χ2n) is 5.33. The van der Waals surface area contributed by atoms with E-state index in [0.717, 1.165) is 24.6 Å². The molecule has 0 aliphatic heterocycles. The Labute approximate surface area is 145 Å². The van der Waals surface area contributed by atoms with Crippen LogP contribution in [0.1, 0.15) is 30.1 Å². The Morgan fingerprint density at radius 1 is 1.08 bits per heavy atom. The van der Waals surface area contributed by atoms with Crippen LogP contribution in [-0.4, -0.2) is 20.9 Å². The number of amides is 1. The third kappa shape index (κ3) is 4.83. The molecule has 0 atom stereocenters. The van der Waals surface area contributed by atoms with E-state index in [0.29, 0.717) is 6.42 Å². The Hall–Kier alpha value is -2.32. The van der Waals surface area contributed by atoms with Crippen molar-refractivity contribution < 1.29 is 22.0 Å². The van der Waals surface area contributed by atoms with Gasteiger partial charge in [-0.25, -0.2) is 21.9 Å². The zero-order valence-corrected chi connectivity index (χ0v) is 14.4. The Morgan fingerprint density at radius 3 is 2.36 bits per heavy atom. The first-order valence-corrected chi connectivity index (χ1v) is 9.18. The topological polar surface area (TPSA) is 75.3 Å². The van der Waals surface area contributed by atoms with E-state index >= 15 is 0 Å². The third-order valence-electron chi connectivity index (χ3n) is 3.43. The molecule has 2 aromatic rings. The predicted molar refractivity (Wildman–Crippen MR) is 90.8 cm³/mol. The number of carbonyl (C=O) groups excluding carboxylic acids is 1. The summed E-state index contributed by atoms with van der Waals surface area (Å²) in [5, 5.41) is 2.12. The summed E-state index contributed by atoms with van der Waals surface area (Å²) in [4.78, 5) is 12.1. The maximum Gasteiger partial charge on any atom is 0.255 e. The highest BCUT2D eigenvalue weighted by atomic mass is 32.2. The van der Waals surface area contributed by atoms with Gasteiger partial charge in [-0.3, -0.25) is 4.79 Å². The molecule has 0 bridgehead atoms. The fraction of sp³-hybridized carbons (Fsp3) is 0.235. The summed E-state index contributed by atoms with van der Waals surface area (Å²) >= 11 is 0. The van der Waals surface area contributed by atoms with Crippen molar-refractivity contribution in [1.82, 2.24) is 4.72 Å². The number of rotatable bonds is 7. The van der Waals surface area contributed by atoms with Gasteiger partial charge in [0, 0.05) is 12.1 Å². The monoisotopic (exact) mass is 368 g/mol. The minimum absolute atomic E-state index is 0.0268. The van der Waals surface area contributed by atoms with Crippen LogP contribution in [0.15, 0.2) is 47.4 Å². The van der Waals surface area contributed by atoms with Crippen LogP contribution in [0.4, 0.5) is 14.5 Å². The largest absolute Gasteiger partial charge is 0.317 e. The highest BCUT2D eigenvalue weighted by Gasteiger charge is 2.17. The molecule has 0 spiro atoms. The molecular weight excluding hydrogens is 350 g/mol. The summed E-state index contributed by atoms with van der Waals surface area (Å²) in [5.74, 6) is -2.65. The fourth-order valence-corrected chi connectivity index (χ4v) is 3.19. The molecule has 0 radical (unpaired) electrons. The molecule has 0 aliphatic rings. The van der Waals surface area contributed by atoms with E-state index in [4.69, 9.17) is 0 Å². The molecule has 0 saturated carbocycles. The van der Waals surface area contributed by atoms with Gasteiger partial charge < -0.3 is 5.32 Å². The lowest BCUT2D eigenvalue weighted by molar-refractivity contribution is 0.102. The molecule has 0 fully saturated rings. The summed E-state index contributed by atoms with van der Waals surface area (Å²) in [7, 11) is -3.76. The van der Waals surface area contributed by atoms with Crippen LogP contribution < -0.4 is 10.0 Å². The molecule has 8 heteroatoms. The van der Waals surface area contributed by atoms with Crippen molar-refractivity contribution in [1.29, 1.82) is 0 Å². The van der Waals surface area contributed by atoms with Gasteiger partial charge in [-0.05, 0) is 36.8 Å². The van der Waals surface area contributed by atoms with Crippen molar-refractivity contribution in [2.24, 2.45) is 0 Å². The van der Waals surface area contributed by atoms with E-state index in [1.807, 2.05) is 6.92 Å². The van der Waals surface area contributed by atoms with Crippen LogP contribution >= 0.6 is 0 Å². The number of nitrogens with one attached hydrogen (secondary N) is 2. The first-order chi connectivity index (χ1) is 11.8. The van der Waals surface area contributed by atoms with Crippen LogP contribution in [0.2, 0.25) is 0 Å². The molecule has 2 N–H and O–H groups in total. The number of para-hydroxylation sites is 1. The molecular formula is C17H18F2N2O3S. The lowest BCUT2D eigenvalue weighted by atomic mass is 10.2. The number of benzene rings is 2. The van der Waals surface area contributed by atoms with Crippen LogP contribution in [0, 0.1) is 11.6 Å². The van der Waals surface area contributed by atoms with Gasteiger partial charge in [0.05, 0.1) is 4.90 Å². The first-order valence-electron chi connectivity index (χ1n) is 7.70. The number of hydrogen-bond acceptors (Lipinski definition) is 3. The zero-order valence-electron chi connectivity index (χ0n) is 13.6. The highest BCUT2D eigenvalue weighted by Crippen LogP contribution is 2.20. The highest BCUT2D eigenvalue weighted by molar-refractivity contribution is 7.89. The number of halogens is 2. The van der Waals surface area contributed by atoms with Crippen molar-refractivity contribution in [3.63, 3.8) is 0 Å². The van der Waals surface area contributed by atoms with Crippen molar-refractivity contribution in [2.75, 3.05) is 11.9 Å². The van der Waals surface area contributed by atoms with Gasteiger partial charge in [-0.15, -0.1) is 0 Å². The van der Waals surface area contributed by atoms with Gasteiger partial charge in [0.25, 0.3) is 5.91 Å². The molecule has 0 unspecified atom stereocenters. The van der Waals surface area contributed by atoms with Gasteiger partial charge in [-0.1, -0.05) is 25.5 Å². The maximum atomic E-state index is 13.6. The number of sulfonamides is 1. The van der Waals surface area contributed by atoms with E-state index in [-0.39, 0.29) is 17.0 Å². The smallest absolute Gasteiger partial charge is 0.255 e. The predicted octanol–water partition coefficient (Wildman–Crippen LogP) is 3.30. The average molecular weight is 368 g/mol. The molecule has 1 amide bonds. The summed E-state index contributed by atoms with van der Waals surface area (Å²) in [5.41, 5.74) is -0.608. The van der Waals surface area contributed by atoms with Gasteiger partial charge in [0.2, 0.25) is 10.0 Å². The van der Waals surface area contributed by atoms with E-state index in [1.54, 1.807) is 0 Å². The second-order valence-corrected chi connectivity index (χ2v) is 7.10. The molecule has 0 heterocycles. The van der Waals surface area contributed by atoms with E-state index < -0.39 is 33.3 Å². The quantitative estimate of drug-likeness (QED) is 0.737. The number of unbranched alkanes of at least 4 members (excludes halogenated alkanes) is 1. The van der Waals surface area contributed by atoms with Gasteiger partial charge in [0.15, 0.2) is 0 Å². The van der Waals surface area contributed by atoms with Crippen LogP contribution in [0.5, 0.6) is 0 Å². The molecule has 0 aliphatic carbocycles. The Bertz CT molecular complexity index is 850. The molecule has 5 nitrogen and oxygen atoms in total. The SMILES string of the molecule is CCCCNS(=O)(=O)c1cccc(C(=O)Nc2c(F)cccc2F)c1. The molecule has 0 saturated heterocycles. The van der Waals surface area contributed by atoms with Crippen molar-refractivity contribution in [3.8, 4) is 0 Å². The normalized spacial score (nSPS) is 11.3.